The fourth-order valence-corrected chi connectivity index (χ4v) is 2.91. The van der Waals surface area contributed by atoms with Gasteiger partial charge < -0.3 is 14.2 Å². The highest BCUT2D eigenvalue weighted by Crippen LogP contribution is 2.27. The van der Waals surface area contributed by atoms with E-state index >= 15 is 0 Å². The van der Waals surface area contributed by atoms with E-state index in [1.165, 1.54) is 0 Å². The van der Waals surface area contributed by atoms with Crippen molar-refractivity contribution in [3.63, 3.8) is 0 Å². The molecule has 1 amide bonds. The molecule has 2 unspecified atom stereocenters. The van der Waals surface area contributed by atoms with Gasteiger partial charge in [0.2, 0.25) is 0 Å². The van der Waals surface area contributed by atoms with E-state index in [4.69, 9.17) is 20.9 Å². The fraction of sp³-hybridized carbons (Fsp3) is 0.692. The number of halogens is 1. The molecule has 2 atom stereocenters. The number of ether oxygens (including phenoxy) is 1. The summed E-state index contributed by atoms with van der Waals surface area (Å²) < 4.78 is 9.97. The first-order valence-corrected chi connectivity index (χ1v) is 6.93. The van der Waals surface area contributed by atoms with E-state index in [-0.39, 0.29) is 17.3 Å². The minimum Gasteiger partial charge on any atom is -0.377 e. The first-order valence-electron chi connectivity index (χ1n) is 6.49. The number of alkyl halides is 1. The van der Waals surface area contributed by atoms with Gasteiger partial charge in [-0.1, -0.05) is 18.0 Å². The first kappa shape index (κ1) is 14.3. The van der Waals surface area contributed by atoms with Crippen LogP contribution in [0.25, 0.3) is 0 Å². The standard InChI is InChI=1S/C13H19ClN2O3/c1-16(12-6-4-3-5-10(12)14)13(17)11-7-9(8-18-2)19-15-11/h7,10,12H,3-6,8H2,1-2H3. The zero-order valence-corrected chi connectivity index (χ0v) is 12.0. The number of carbonyl (C=O) groups excluding carboxylic acids is 1. The summed E-state index contributed by atoms with van der Waals surface area (Å²) in [5.74, 6) is 0.397. The topological polar surface area (TPSA) is 55.6 Å². The molecule has 0 aromatic carbocycles. The smallest absolute Gasteiger partial charge is 0.276 e. The molecule has 0 aliphatic heterocycles. The highest BCUT2D eigenvalue weighted by Gasteiger charge is 2.31. The van der Waals surface area contributed by atoms with Gasteiger partial charge in [-0.05, 0) is 12.8 Å². The Bertz CT molecular complexity index is 435. The van der Waals surface area contributed by atoms with Crippen molar-refractivity contribution < 1.29 is 14.1 Å². The minimum atomic E-state index is -0.149. The van der Waals surface area contributed by atoms with Crippen molar-refractivity contribution in [2.45, 2.75) is 43.7 Å². The largest absolute Gasteiger partial charge is 0.377 e. The van der Waals surface area contributed by atoms with Crippen molar-refractivity contribution in [2.75, 3.05) is 14.2 Å². The van der Waals surface area contributed by atoms with E-state index in [0.29, 0.717) is 18.1 Å². The number of amides is 1. The van der Waals surface area contributed by atoms with Crippen LogP contribution in [0.15, 0.2) is 10.6 Å². The molecule has 0 spiro atoms. The van der Waals surface area contributed by atoms with Crippen LogP contribution in [0.2, 0.25) is 0 Å². The van der Waals surface area contributed by atoms with Gasteiger partial charge in [0.25, 0.3) is 5.91 Å². The minimum absolute atomic E-state index is 0.0213. The SMILES string of the molecule is COCc1cc(C(=O)N(C)C2CCCCC2Cl)no1. The van der Waals surface area contributed by atoms with Crippen LogP contribution in [0.1, 0.15) is 41.9 Å². The Kier molecular flexibility index (Phi) is 4.82. The van der Waals surface area contributed by atoms with Crippen LogP contribution in [-0.4, -0.2) is 41.5 Å². The van der Waals surface area contributed by atoms with Crippen LogP contribution in [0.4, 0.5) is 0 Å². The number of hydrogen-bond donors (Lipinski definition) is 0. The number of methoxy groups -OCH3 is 1. The van der Waals surface area contributed by atoms with E-state index in [0.717, 1.165) is 25.7 Å². The summed E-state index contributed by atoms with van der Waals surface area (Å²) in [6.07, 6.45) is 4.14. The Morgan fingerprint density at radius 2 is 2.32 bits per heavy atom. The number of rotatable bonds is 4. The quantitative estimate of drug-likeness (QED) is 0.798. The lowest BCUT2D eigenvalue weighted by Gasteiger charge is -2.34. The fourth-order valence-electron chi connectivity index (χ4n) is 2.46. The van der Waals surface area contributed by atoms with E-state index in [9.17, 15) is 4.79 Å². The summed E-state index contributed by atoms with van der Waals surface area (Å²) in [5, 5.41) is 3.81. The molecule has 1 aliphatic carbocycles. The lowest BCUT2D eigenvalue weighted by Crippen LogP contribution is -2.44. The predicted molar refractivity (Wildman–Crippen MR) is 71.2 cm³/mol. The maximum atomic E-state index is 12.3. The Hall–Kier alpha value is -1.07. The number of hydrogen-bond acceptors (Lipinski definition) is 4. The van der Waals surface area contributed by atoms with Crippen LogP contribution < -0.4 is 0 Å². The van der Waals surface area contributed by atoms with E-state index in [1.807, 2.05) is 0 Å². The van der Waals surface area contributed by atoms with Gasteiger partial charge in [0.15, 0.2) is 11.5 Å². The summed E-state index contributed by atoms with van der Waals surface area (Å²) in [5.41, 5.74) is 0.309. The van der Waals surface area contributed by atoms with Crippen LogP contribution >= 0.6 is 11.6 Å². The predicted octanol–water partition coefficient (Wildman–Crippen LogP) is 2.44. The molecule has 1 saturated carbocycles. The van der Waals surface area contributed by atoms with Gasteiger partial charge in [-0.25, -0.2) is 0 Å². The molecule has 1 heterocycles. The Morgan fingerprint density at radius 1 is 1.58 bits per heavy atom. The summed E-state index contributed by atoms with van der Waals surface area (Å²) in [6, 6.07) is 1.69. The third-order valence-corrected chi connectivity index (χ3v) is 4.04. The van der Waals surface area contributed by atoms with Gasteiger partial charge in [0.1, 0.15) is 6.61 Å². The molecule has 2 rings (SSSR count). The third-order valence-electron chi connectivity index (χ3n) is 3.53. The average molecular weight is 287 g/mol. The molecular formula is C13H19ClN2O3. The van der Waals surface area contributed by atoms with Gasteiger partial charge in [-0.3, -0.25) is 4.79 Å². The summed E-state index contributed by atoms with van der Waals surface area (Å²) in [6.45, 7) is 0.311. The summed E-state index contributed by atoms with van der Waals surface area (Å²) in [4.78, 5) is 14.0. The molecule has 106 valence electrons. The molecule has 1 aromatic heterocycles. The van der Waals surface area contributed by atoms with Crippen LogP contribution in [0.5, 0.6) is 0 Å². The average Bonchev–Trinajstić information content (AvgIpc) is 2.87. The van der Waals surface area contributed by atoms with Crippen molar-refractivity contribution in [2.24, 2.45) is 0 Å². The van der Waals surface area contributed by atoms with Gasteiger partial charge in [-0.15, -0.1) is 11.6 Å². The zero-order valence-electron chi connectivity index (χ0n) is 11.3. The Labute approximate surface area is 117 Å². The highest BCUT2D eigenvalue weighted by atomic mass is 35.5. The second-order valence-electron chi connectivity index (χ2n) is 4.90. The molecule has 0 bridgehead atoms. The lowest BCUT2D eigenvalue weighted by molar-refractivity contribution is 0.0689. The van der Waals surface area contributed by atoms with Gasteiger partial charge in [0.05, 0.1) is 5.38 Å². The van der Waals surface area contributed by atoms with Crippen LogP contribution in [0.3, 0.4) is 0 Å². The third kappa shape index (κ3) is 3.28. The van der Waals surface area contributed by atoms with Crippen molar-refractivity contribution in [3.05, 3.63) is 17.5 Å². The molecular weight excluding hydrogens is 268 g/mol. The van der Waals surface area contributed by atoms with Crippen molar-refractivity contribution in [3.8, 4) is 0 Å². The zero-order chi connectivity index (χ0) is 13.8. The molecule has 1 aliphatic rings. The van der Waals surface area contributed by atoms with Crippen molar-refractivity contribution >= 4 is 17.5 Å². The Balaban J connectivity index is 2.04. The summed E-state index contributed by atoms with van der Waals surface area (Å²) in [7, 11) is 3.34. The maximum absolute atomic E-state index is 12.3. The molecule has 0 N–H and O–H groups in total. The molecule has 0 saturated heterocycles. The van der Waals surface area contributed by atoms with Crippen molar-refractivity contribution in [1.29, 1.82) is 0 Å². The normalized spacial score (nSPS) is 23.3. The second-order valence-corrected chi connectivity index (χ2v) is 5.46. The van der Waals surface area contributed by atoms with Crippen molar-refractivity contribution in [1.82, 2.24) is 10.1 Å². The molecule has 19 heavy (non-hydrogen) atoms. The van der Waals surface area contributed by atoms with Gasteiger partial charge in [-0.2, -0.15) is 0 Å². The van der Waals surface area contributed by atoms with E-state index in [1.54, 1.807) is 25.1 Å². The van der Waals surface area contributed by atoms with Crippen LogP contribution in [-0.2, 0) is 11.3 Å². The molecule has 1 fully saturated rings. The molecule has 5 nitrogen and oxygen atoms in total. The van der Waals surface area contributed by atoms with Crippen LogP contribution in [0, 0.1) is 0 Å². The number of nitrogens with zero attached hydrogens (tertiary/aromatic N) is 2. The lowest BCUT2D eigenvalue weighted by atomic mass is 9.94. The molecule has 1 aromatic rings. The molecule has 0 radical (unpaired) electrons. The van der Waals surface area contributed by atoms with E-state index in [2.05, 4.69) is 5.16 Å². The van der Waals surface area contributed by atoms with Gasteiger partial charge in [0, 0.05) is 26.3 Å². The maximum Gasteiger partial charge on any atom is 0.276 e. The first-order chi connectivity index (χ1) is 9.13. The van der Waals surface area contributed by atoms with Gasteiger partial charge >= 0.3 is 0 Å². The van der Waals surface area contributed by atoms with E-state index < -0.39 is 0 Å². The Morgan fingerprint density at radius 3 is 3.00 bits per heavy atom. The number of aromatic nitrogens is 1. The monoisotopic (exact) mass is 286 g/mol. The molecule has 6 heteroatoms. The summed E-state index contributed by atoms with van der Waals surface area (Å²) >= 11 is 6.31. The highest BCUT2D eigenvalue weighted by molar-refractivity contribution is 6.21. The second kappa shape index (κ2) is 6.39. The number of carbonyl (C=O) groups is 1.